The Morgan fingerprint density at radius 2 is 1.57 bits per heavy atom. The lowest BCUT2D eigenvalue weighted by atomic mass is 9.99. The summed E-state index contributed by atoms with van der Waals surface area (Å²) < 4.78 is 0. The number of rotatable bonds is 8. The van der Waals surface area contributed by atoms with Crippen LogP contribution in [0.2, 0.25) is 0 Å². The molecule has 0 saturated heterocycles. The van der Waals surface area contributed by atoms with Crippen LogP contribution in [-0.4, -0.2) is 0 Å². The molecular weight excluding hydrogens is 362 g/mol. The van der Waals surface area contributed by atoms with Crippen molar-refractivity contribution in [2.24, 2.45) is 0 Å². The lowest BCUT2D eigenvalue weighted by Gasteiger charge is -2.19. The molecule has 0 bridgehead atoms. The summed E-state index contributed by atoms with van der Waals surface area (Å²) in [4.78, 5) is 0. The van der Waals surface area contributed by atoms with Gasteiger partial charge in [-0.2, -0.15) is 0 Å². The van der Waals surface area contributed by atoms with Gasteiger partial charge in [-0.1, -0.05) is 83.5 Å². The van der Waals surface area contributed by atoms with Crippen LogP contribution in [0.15, 0.2) is 95.3 Å². The van der Waals surface area contributed by atoms with Crippen molar-refractivity contribution in [3.63, 3.8) is 0 Å². The van der Waals surface area contributed by atoms with Crippen molar-refractivity contribution in [2.75, 3.05) is 0 Å². The van der Waals surface area contributed by atoms with Crippen LogP contribution in [0.1, 0.15) is 53.4 Å². The molecule has 0 unspecified atom stereocenters. The Hall–Kier alpha value is -2.80. The third-order valence-corrected chi connectivity index (χ3v) is 5.47. The number of hydrogen-bond donors (Lipinski definition) is 1. The molecule has 0 saturated carbocycles. The SMILES string of the molecule is CC(C)=CCCC(C)=CCCC(C)=C[CH]C1=c2ccccc2=C2C=CC=CC=C2N1. The van der Waals surface area contributed by atoms with Crippen molar-refractivity contribution in [2.45, 2.75) is 53.4 Å². The number of nitrogens with one attached hydrogen (secondary N) is 1. The highest BCUT2D eigenvalue weighted by atomic mass is 14.9. The van der Waals surface area contributed by atoms with Gasteiger partial charge in [0.2, 0.25) is 0 Å². The quantitative estimate of drug-likeness (QED) is 0.517. The Morgan fingerprint density at radius 1 is 0.833 bits per heavy atom. The van der Waals surface area contributed by atoms with Crippen molar-refractivity contribution >= 4 is 11.3 Å². The first-order valence-electron chi connectivity index (χ1n) is 11.0. The minimum atomic E-state index is 1.09. The molecule has 0 spiro atoms. The third kappa shape index (κ3) is 6.10. The van der Waals surface area contributed by atoms with E-state index in [1.807, 2.05) is 0 Å². The molecule has 1 nitrogen and oxygen atoms in total. The average Bonchev–Trinajstić information content (AvgIpc) is 2.97. The van der Waals surface area contributed by atoms with Crippen LogP contribution in [0.5, 0.6) is 0 Å². The number of fused-ring (bicyclic) bond motifs is 2. The monoisotopic (exact) mass is 396 g/mol. The first-order chi connectivity index (χ1) is 14.5. The molecule has 1 heteroatoms. The fourth-order valence-corrected chi connectivity index (χ4v) is 3.73. The van der Waals surface area contributed by atoms with Crippen LogP contribution in [0.3, 0.4) is 0 Å². The number of hydrogen-bond acceptors (Lipinski definition) is 1. The Bertz CT molecular complexity index is 1060. The van der Waals surface area contributed by atoms with Crippen molar-refractivity contribution in [1.29, 1.82) is 0 Å². The largest absolute Gasteiger partial charge is 0.357 e. The fraction of sp³-hybridized carbons (Fsp3) is 0.276. The minimum Gasteiger partial charge on any atom is -0.357 e. The Kier molecular flexibility index (Phi) is 7.90. The predicted molar refractivity (Wildman–Crippen MR) is 132 cm³/mol. The molecule has 1 heterocycles. The molecular formula is C29H34N. The smallest absolute Gasteiger partial charge is 0.0462 e. The molecule has 1 radical (unpaired) electrons. The van der Waals surface area contributed by atoms with Crippen LogP contribution in [-0.2, 0) is 0 Å². The second-order valence-corrected chi connectivity index (χ2v) is 8.41. The van der Waals surface area contributed by atoms with Gasteiger partial charge in [0, 0.05) is 28.6 Å². The summed E-state index contributed by atoms with van der Waals surface area (Å²) in [6.07, 6.45) is 24.3. The second kappa shape index (κ2) is 10.8. The molecule has 0 aromatic heterocycles. The first kappa shape index (κ1) is 21.9. The van der Waals surface area contributed by atoms with E-state index >= 15 is 0 Å². The summed E-state index contributed by atoms with van der Waals surface area (Å²) in [5, 5.41) is 6.18. The molecule has 1 aromatic rings. The van der Waals surface area contributed by atoms with Gasteiger partial charge in [0.1, 0.15) is 0 Å². The van der Waals surface area contributed by atoms with E-state index < -0.39 is 0 Å². The topological polar surface area (TPSA) is 12.0 Å². The van der Waals surface area contributed by atoms with Gasteiger partial charge in [0.05, 0.1) is 0 Å². The van der Waals surface area contributed by atoms with Crippen molar-refractivity contribution in [3.8, 4) is 0 Å². The van der Waals surface area contributed by atoms with Crippen LogP contribution >= 0.6 is 0 Å². The van der Waals surface area contributed by atoms with Gasteiger partial charge in [-0.05, 0) is 64.7 Å². The van der Waals surface area contributed by atoms with E-state index in [9.17, 15) is 0 Å². The maximum absolute atomic E-state index is 3.63. The van der Waals surface area contributed by atoms with E-state index in [1.165, 1.54) is 32.7 Å². The zero-order valence-corrected chi connectivity index (χ0v) is 18.8. The summed E-state index contributed by atoms with van der Waals surface area (Å²) in [5.41, 5.74) is 7.87. The van der Waals surface area contributed by atoms with Crippen LogP contribution in [0.4, 0.5) is 0 Å². The predicted octanol–water partition coefficient (Wildman–Crippen LogP) is 6.18. The highest BCUT2D eigenvalue weighted by Gasteiger charge is 2.13. The number of allylic oxidation sites excluding steroid dienone is 10. The maximum atomic E-state index is 3.63. The van der Waals surface area contributed by atoms with Gasteiger partial charge in [0.15, 0.2) is 0 Å². The summed E-state index contributed by atoms with van der Waals surface area (Å²) in [6.45, 7) is 8.81. The molecule has 1 aliphatic heterocycles. The van der Waals surface area contributed by atoms with Gasteiger partial charge in [0.25, 0.3) is 0 Å². The Morgan fingerprint density at radius 3 is 2.37 bits per heavy atom. The molecule has 2 aliphatic rings. The van der Waals surface area contributed by atoms with E-state index in [4.69, 9.17) is 0 Å². The molecule has 1 N–H and O–H groups in total. The molecule has 0 amide bonds. The fourth-order valence-electron chi connectivity index (χ4n) is 3.73. The van der Waals surface area contributed by atoms with E-state index in [-0.39, 0.29) is 0 Å². The van der Waals surface area contributed by atoms with Gasteiger partial charge < -0.3 is 5.32 Å². The lowest BCUT2D eigenvalue weighted by Crippen LogP contribution is -2.38. The Balaban J connectivity index is 1.69. The molecule has 3 rings (SSSR count). The maximum Gasteiger partial charge on any atom is 0.0462 e. The first-order valence-corrected chi connectivity index (χ1v) is 11.0. The summed E-state index contributed by atoms with van der Waals surface area (Å²) in [6, 6.07) is 8.64. The highest BCUT2D eigenvalue weighted by molar-refractivity contribution is 5.80. The second-order valence-electron chi connectivity index (χ2n) is 8.41. The molecule has 30 heavy (non-hydrogen) atoms. The van der Waals surface area contributed by atoms with Gasteiger partial charge in [-0.3, -0.25) is 0 Å². The van der Waals surface area contributed by atoms with Gasteiger partial charge in [-0.15, -0.1) is 0 Å². The van der Waals surface area contributed by atoms with Gasteiger partial charge in [-0.25, -0.2) is 0 Å². The summed E-state index contributed by atoms with van der Waals surface area (Å²) in [7, 11) is 0. The average molecular weight is 397 g/mol. The normalized spacial score (nSPS) is 15.8. The lowest BCUT2D eigenvalue weighted by molar-refractivity contribution is 0.917. The van der Waals surface area contributed by atoms with Crippen molar-refractivity contribution in [1.82, 2.24) is 5.32 Å². The molecule has 1 aliphatic carbocycles. The van der Waals surface area contributed by atoms with E-state index in [2.05, 4.69) is 112 Å². The van der Waals surface area contributed by atoms with Crippen LogP contribution < -0.4 is 15.8 Å². The Labute approximate surface area is 182 Å². The molecule has 0 fully saturated rings. The third-order valence-electron chi connectivity index (χ3n) is 5.47. The van der Waals surface area contributed by atoms with Crippen molar-refractivity contribution in [3.05, 3.63) is 112 Å². The van der Waals surface area contributed by atoms with Crippen LogP contribution in [0.25, 0.3) is 11.3 Å². The zero-order chi connectivity index (χ0) is 21.3. The van der Waals surface area contributed by atoms with Crippen molar-refractivity contribution < 1.29 is 0 Å². The molecule has 155 valence electrons. The summed E-state index contributed by atoms with van der Waals surface area (Å²) in [5.74, 6) is 0. The molecule has 1 aromatic carbocycles. The minimum absolute atomic E-state index is 1.09. The standard InChI is InChI=1S/C29H34N/c1-22(2)12-10-13-23(3)14-11-15-24(4)20-21-29-27-18-9-8-16-25(27)26-17-6-5-7-19-28(26)30-29/h5-9,12,14,16-21,30H,10-11,13,15H2,1-4H3. The number of benzene rings is 1. The highest BCUT2D eigenvalue weighted by Crippen LogP contribution is 2.18. The van der Waals surface area contributed by atoms with Crippen LogP contribution in [0, 0.1) is 6.42 Å². The van der Waals surface area contributed by atoms with E-state index in [0.717, 1.165) is 37.1 Å². The van der Waals surface area contributed by atoms with E-state index in [0.29, 0.717) is 0 Å². The van der Waals surface area contributed by atoms with Gasteiger partial charge >= 0.3 is 0 Å². The zero-order valence-electron chi connectivity index (χ0n) is 18.8. The molecule has 0 atom stereocenters. The summed E-state index contributed by atoms with van der Waals surface area (Å²) >= 11 is 0. The van der Waals surface area contributed by atoms with E-state index in [1.54, 1.807) is 0 Å².